The summed E-state index contributed by atoms with van der Waals surface area (Å²) in [5, 5.41) is 22.3. The first-order valence-corrected chi connectivity index (χ1v) is 9.06. The molecule has 6 heteroatoms. The molecule has 1 aliphatic rings. The van der Waals surface area contributed by atoms with Gasteiger partial charge in [0, 0.05) is 22.4 Å². The van der Waals surface area contributed by atoms with Crippen molar-refractivity contribution in [1.29, 1.82) is 5.26 Å². The average molecular weight is 380 g/mol. The number of para-hydroxylation sites is 1. The van der Waals surface area contributed by atoms with Crippen LogP contribution < -0.4 is 16.2 Å². The molecule has 1 unspecified atom stereocenters. The molecule has 0 radical (unpaired) electrons. The molecule has 0 spiro atoms. The smallest absolute Gasteiger partial charge is 0.227 e. The Balaban J connectivity index is 1.87. The number of aromatic nitrogens is 1. The molecule has 5 rings (SSSR count). The highest BCUT2D eigenvalue weighted by Crippen LogP contribution is 2.52. The number of benzene rings is 3. The number of fused-ring (bicyclic) bond motifs is 3. The normalized spacial score (nSPS) is 14.5. The van der Waals surface area contributed by atoms with E-state index >= 15 is 0 Å². The van der Waals surface area contributed by atoms with Crippen molar-refractivity contribution in [3.63, 3.8) is 0 Å². The maximum absolute atomic E-state index is 11.1. The van der Waals surface area contributed by atoms with Crippen molar-refractivity contribution >= 4 is 22.3 Å². The highest BCUT2D eigenvalue weighted by atomic mass is 16.5. The highest BCUT2D eigenvalue weighted by molar-refractivity contribution is 5.90. The van der Waals surface area contributed by atoms with Crippen molar-refractivity contribution in [1.82, 2.24) is 4.98 Å². The van der Waals surface area contributed by atoms with E-state index in [1.807, 2.05) is 66.7 Å². The zero-order valence-corrected chi connectivity index (χ0v) is 15.3. The van der Waals surface area contributed by atoms with Crippen LogP contribution in [-0.2, 0) is 0 Å². The van der Waals surface area contributed by atoms with Crippen molar-refractivity contribution < 1.29 is 9.84 Å². The van der Waals surface area contributed by atoms with Crippen molar-refractivity contribution in [2.45, 2.75) is 5.92 Å². The number of aromatic hydroxyl groups is 1. The van der Waals surface area contributed by atoms with Crippen LogP contribution in [0.3, 0.4) is 0 Å². The van der Waals surface area contributed by atoms with Gasteiger partial charge in [0.15, 0.2) is 0 Å². The molecule has 0 fully saturated rings. The first-order chi connectivity index (χ1) is 14.1. The second-order valence-corrected chi connectivity index (χ2v) is 6.91. The summed E-state index contributed by atoms with van der Waals surface area (Å²) in [5.41, 5.74) is 14.6. The molecule has 0 aliphatic carbocycles. The lowest BCUT2D eigenvalue weighted by Gasteiger charge is -2.30. The fourth-order valence-corrected chi connectivity index (χ4v) is 3.99. The Kier molecular flexibility index (Phi) is 3.58. The lowest BCUT2D eigenvalue weighted by atomic mass is 9.81. The summed E-state index contributed by atoms with van der Waals surface area (Å²) in [4.78, 5) is 4.28. The SMILES string of the molecule is N#Cc1c(N)nc2c(c1N)C(c1ccc3ccccc3c1O)c1ccccc1O2. The van der Waals surface area contributed by atoms with Gasteiger partial charge in [-0.3, -0.25) is 0 Å². The number of anilines is 2. The number of rotatable bonds is 1. The molecule has 29 heavy (non-hydrogen) atoms. The molecule has 0 bridgehead atoms. The average Bonchev–Trinajstić information content (AvgIpc) is 2.73. The zero-order chi connectivity index (χ0) is 20.1. The summed E-state index contributed by atoms with van der Waals surface area (Å²) in [6, 6.07) is 20.9. The standard InChI is InChI=1S/C23H16N4O2/c24-11-16-20(25)19-18(15-10-9-12-5-1-2-6-13(12)21(15)28)14-7-3-4-8-17(14)29-23(19)27-22(16)26/h1-10,18,28H,(H4,25,26,27). The molecule has 4 aromatic rings. The maximum atomic E-state index is 11.1. The summed E-state index contributed by atoms with van der Waals surface area (Å²) in [5.74, 6) is 0.568. The number of hydrogen-bond donors (Lipinski definition) is 3. The van der Waals surface area contributed by atoms with E-state index in [4.69, 9.17) is 16.2 Å². The number of nitriles is 1. The van der Waals surface area contributed by atoms with Crippen molar-refractivity contribution in [3.8, 4) is 23.4 Å². The Labute approximate surface area is 166 Å². The molecule has 2 heterocycles. The largest absolute Gasteiger partial charge is 0.507 e. The number of ether oxygens (including phenoxy) is 1. The van der Waals surface area contributed by atoms with E-state index < -0.39 is 5.92 Å². The van der Waals surface area contributed by atoms with Gasteiger partial charge in [-0.2, -0.15) is 10.2 Å². The lowest BCUT2D eigenvalue weighted by Crippen LogP contribution is -2.17. The third-order valence-electron chi connectivity index (χ3n) is 5.35. The summed E-state index contributed by atoms with van der Waals surface area (Å²) < 4.78 is 5.96. The minimum absolute atomic E-state index is 0.0182. The van der Waals surface area contributed by atoms with Gasteiger partial charge in [0.25, 0.3) is 0 Å². The predicted octanol–water partition coefficient (Wildman–Crippen LogP) is 4.26. The number of phenolic OH excluding ortho intramolecular Hbond substituents is 1. The third-order valence-corrected chi connectivity index (χ3v) is 5.35. The van der Waals surface area contributed by atoms with Gasteiger partial charge in [-0.25, -0.2) is 0 Å². The third kappa shape index (κ3) is 2.38. The van der Waals surface area contributed by atoms with E-state index in [-0.39, 0.29) is 28.7 Å². The monoisotopic (exact) mass is 380 g/mol. The van der Waals surface area contributed by atoms with Gasteiger partial charge in [-0.05, 0) is 11.5 Å². The summed E-state index contributed by atoms with van der Waals surface area (Å²) in [6.45, 7) is 0. The van der Waals surface area contributed by atoms with E-state index in [0.717, 1.165) is 16.3 Å². The summed E-state index contributed by atoms with van der Waals surface area (Å²) in [6.07, 6.45) is 0. The van der Waals surface area contributed by atoms with Gasteiger partial charge in [0.05, 0.1) is 11.3 Å². The first-order valence-electron chi connectivity index (χ1n) is 9.06. The quantitative estimate of drug-likeness (QED) is 0.400. The summed E-state index contributed by atoms with van der Waals surface area (Å²) in [7, 11) is 0. The van der Waals surface area contributed by atoms with Crippen LogP contribution in [0.25, 0.3) is 10.8 Å². The number of phenols is 1. The Morgan fingerprint density at radius 2 is 1.72 bits per heavy atom. The minimum atomic E-state index is -0.459. The van der Waals surface area contributed by atoms with E-state index in [9.17, 15) is 10.4 Å². The second kappa shape index (κ2) is 6.14. The maximum Gasteiger partial charge on any atom is 0.227 e. The van der Waals surface area contributed by atoms with Gasteiger partial charge in [-0.1, -0.05) is 54.6 Å². The second-order valence-electron chi connectivity index (χ2n) is 6.91. The van der Waals surface area contributed by atoms with Crippen LogP contribution in [0.15, 0.2) is 60.7 Å². The molecule has 6 nitrogen and oxygen atoms in total. The number of hydrogen-bond acceptors (Lipinski definition) is 6. The van der Waals surface area contributed by atoms with Crippen molar-refractivity contribution in [2.24, 2.45) is 0 Å². The number of nitrogen functional groups attached to an aromatic ring is 2. The van der Waals surface area contributed by atoms with Gasteiger partial charge >= 0.3 is 0 Å². The Hall–Kier alpha value is -4.24. The van der Waals surface area contributed by atoms with Crippen LogP contribution in [-0.4, -0.2) is 10.1 Å². The first kappa shape index (κ1) is 16.9. The molecular weight excluding hydrogens is 364 g/mol. The minimum Gasteiger partial charge on any atom is -0.507 e. The van der Waals surface area contributed by atoms with Gasteiger partial charge in [-0.15, -0.1) is 0 Å². The van der Waals surface area contributed by atoms with Crippen LogP contribution in [0, 0.1) is 11.3 Å². The molecule has 1 atom stereocenters. The van der Waals surface area contributed by atoms with Crippen molar-refractivity contribution in [3.05, 3.63) is 82.9 Å². The van der Waals surface area contributed by atoms with Crippen LogP contribution in [0.2, 0.25) is 0 Å². The molecule has 0 saturated carbocycles. The zero-order valence-electron chi connectivity index (χ0n) is 15.3. The number of nitrogens with two attached hydrogens (primary N) is 2. The van der Waals surface area contributed by atoms with E-state index in [0.29, 0.717) is 16.9 Å². The molecule has 1 aromatic heterocycles. The topological polar surface area (TPSA) is 118 Å². The lowest BCUT2D eigenvalue weighted by molar-refractivity contribution is 0.430. The number of pyridine rings is 1. The van der Waals surface area contributed by atoms with E-state index in [1.165, 1.54) is 0 Å². The van der Waals surface area contributed by atoms with Crippen LogP contribution >= 0.6 is 0 Å². The Bertz CT molecular complexity index is 1340. The molecule has 5 N–H and O–H groups in total. The van der Waals surface area contributed by atoms with Crippen LogP contribution in [0.1, 0.15) is 28.2 Å². The van der Waals surface area contributed by atoms with E-state index in [2.05, 4.69) is 4.98 Å². The van der Waals surface area contributed by atoms with Crippen molar-refractivity contribution in [2.75, 3.05) is 11.5 Å². The molecule has 1 aliphatic heterocycles. The number of nitrogens with zero attached hydrogens (tertiary/aromatic N) is 2. The van der Waals surface area contributed by atoms with Crippen LogP contribution in [0.4, 0.5) is 11.5 Å². The fraction of sp³-hybridized carbons (Fsp3) is 0.0435. The highest BCUT2D eigenvalue weighted by Gasteiger charge is 2.35. The van der Waals surface area contributed by atoms with Crippen LogP contribution in [0.5, 0.6) is 17.4 Å². The van der Waals surface area contributed by atoms with E-state index in [1.54, 1.807) is 0 Å². The van der Waals surface area contributed by atoms with Gasteiger partial charge in [0.1, 0.15) is 28.9 Å². The van der Waals surface area contributed by atoms with Gasteiger partial charge < -0.3 is 21.3 Å². The Morgan fingerprint density at radius 3 is 2.55 bits per heavy atom. The molecular formula is C23H16N4O2. The fourth-order valence-electron chi connectivity index (χ4n) is 3.99. The van der Waals surface area contributed by atoms with Gasteiger partial charge in [0.2, 0.25) is 5.88 Å². The molecule has 3 aromatic carbocycles. The molecule has 0 saturated heterocycles. The molecule has 140 valence electrons. The molecule has 0 amide bonds. The predicted molar refractivity (Wildman–Crippen MR) is 111 cm³/mol. The Morgan fingerprint density at radius 1 is 0.966 bits per heavy atom. The summed E-state index contributed by atoms with van der Waals surface area (Å²) >= 11 is 0.